The first kappa shape index (κ1) is 87.8. The molecule has 0 spiro atoms. The highest BCUT2D eigenvalue weighted by Gasteiger charge is 2.31. The molecule has 9 N–H and O–H groups in total. The summed E-state index contributed by atoms with van der Waals surface area (Å²) < 4.78 is 18.8. The Kier molecular flexibility index (Phi) is 45.6. The van der Waals surface area contributed by atoms with Crippen LogP contribution in [0.3, 0.4) is 0 Å². The first-order valence-corrected chi connectivity index (χ1v) is 37.8. The van der Waals surface area contributed by atoms with Gasteiger partial charge in [-0.2, -0.15) is 0 Å². The number of nitrogens with one attached hydrogen (secondary N) is 5. The third-order valence-electron chi connectivity index (χ3n) is 18.2. The minimum absolute atomic E-state index is 0.0816. The van der Waals surface area contributed by atoms with E-state index in [0.717, 1.165) is 88.0 Å². The lowest BCUT2D eigenvalue weighted by Crippen LogP contribution is -2.53. The number of H-pyrrole nitrogens is 2. The molecule has 0 aliphatic carbocycles. The zero-order valence-corrected chi connectivity index (χ0v) is 62.2. The Hall–Kier alpha value is -7.46. The van der Waals surface area contributed by atoms with Crippen LogP contribution in [0.1, 0.15) is 273 Å². The summed E-state index contributed by atoms with van der Waals surface area (Å²) in [7, 11) is 5.00. The van der Waals surface area contributed by atoms with Crippen molar-refractivity contribution in [2.45, 2.75) is 277 Å². The summed E-state index contributed by atoms with van der Waals surface area (Å²) in [6.45, 7) is 10.5. The molecule has 564 valence electrons. The number of allylic oxidation sites excluding steroid dienone is 4. The number of carbonyl (C=O) groups excluding carboxylic acids is 5. The van der Waals surface area contributed by atoms with Crippen molar-refractivity contribution in [1.29, 1.82) is 0 Å². The molecule has 0 saturated carbocycles. The highest BCUT2D eigenvalue weighted by atomic mass is 19.1. The molecule has 6 atom stereocenters. The second kappa shape index (κ2) is 52.5. The maximum absolute atomic E-state index is 13.4. The van der Waals surface area contributed by atoms with Gasteiger partial charge in [-0.3, -0.25) is 34.1 Å². The van der Waals surface area contributed by atoms with Crippen molar-refractivity contribution in [3.8, 4) is 5.75 Å². The van der Waals surface area contributed by atoms with Gasteiger partial charge in [-0.25, -0.2) is 4.39 Å². The van der Waals surface area contributed by atoms with Crippen LogP contribution < -0.4 is 20.7 Å². The number of methoxy groups -OCH3 is 1. The highest BCUT2D eigenvalue weighted by molar-refractivity contribution is 6.02. The largest absolute Gasteiger partial charge is 0.496 e. The molecule has 21 heteroatoms. The normalized spacial score (nSPS) is 13.2. The first-order chi connectivity index (χ1) is 48.7. The van der Waals surface area contributed by atoms with Crippen LogP contribution >= 0.6 is 0 Å². The van der Waals surface area contributed by atoms with Crippen LogP contribution in [0.5, 0.6) is 5.75 Å². The fourth-order valence-electron chi connectivity index (χ4n) is 11.9. The van der Waals surface area contributed by atoms with Crippen LogP contribution in [-0.4, -0.2) is 146 Å². The lowest BCUT2D eigenvalue weighted by molar-refractivity contribution is -0.384. The maximum Gasteiger partial charge on any atom is 0.269 e. The van der Waals surface area contributed by atoms with E-state index in [1.54, 1.807) is 43.1 Å². The molecule has 20 nitrogen and oxygen atoms in total. The number of aromatic nitrogens is 2. The molecule has 0 radical (unpaired) electrons. The quantitative estimate of drug-likeness (QED) is 0.00760. The Labute approximate surface area is 601 Å². The molecule has 0 fully saturated rings. The number of non-ortho nitro benzene ring substituents is 1. The van der Waals surface area contributed by atoms with E-state index in [-0.39, 0.29) is 34.9 Å². The van der Waals surface area contributed by atoms with E-state index < -0.39 is 59.8 Å². The highest BCUT2D eigenvalue weighted by Crippen LogP contribution is 2.27. The van der Waals surface area contributed by atoms with E-state index in [1.807, 2.05) is 18.2 Å². The number of hydrogen-bond acceptors (Lipinski definition) is 12. The van der Waals surface area contributed by atoms with Crippen molar-refractivity contribution in [2.75, 3.05) is 40.9 Å². The second-order valence-corrected chi connectivity index (χ2v) is 26.9. The first-order valence-electron chi connectivity index (χ1n) is 37.8. The van der Waals surface area contributed by atoms with Gasteiger partial charge < -0.3 is 60.9 Å². The summed E-state index contributed by atoms with van der Waals surface area (Å²) in [6, 6.07) is 15.5. The maximum atomic E-state index is 13.4. The summed E-state index contributed by atoms with van der Waals surface area (Å²) >= 11 is 0. The third kappa shape index (κ3) is 35.3. The topological polar surface area (TPSA) is 293 Å². The van der Waals surface area contributed by atoms with E-state index in [2.05, 4.69) is 71.0 Å². The molecule has 2 aromatic heterocycles. The lowest BCUT2D eigenvalue weighted by Gasteiger charge is -2.26. The number of carbonyl (C=O) groups is 5. The molecule has 0 aliphatic heterocycles. The summed E-state index contributed by atoms with van der Waals surface area (Å²) in [5, 5.41) is 60.4. The van der Waals surface area contributed by atoms with E-state index in [9.17, 15) is 58.9 Å². The summed E-state index contributed by atoms with van der Waals surface area (Å²) in [4.78, 5) is 82.9. The molecule has 101 heavy (non-hydrogen) atoms. The molecule has 0 saturated heterocycles. The summed E-state index contributed by atoms with van der Waals surface area (Å²) in [5.41, 5.74) is 2.24. The SMILES string of the molecule is CCCCC/C=C\C/C=C/CCCCCCCC(=O)N[C@H](CO)[C@@H](O)c1ccc([N+](=O)[O-])cc1.CCCCCCCCCCCCN(C)C(=O)[C@@H](NC(=O)c1cc2c(OC)cccc2[nH]1)[C@@H](C)O.CCCCCCCCCCCCN(C)C(=O)[C@@H](NC(=O)c1cc2cc(F)ccc2[nH]1)[C@@H](C)O. The number of amides is 5. The second-order valence-electron chi connectivity index (χ2n) is 26.9. The summed E-state index contributed by atoms with van der Waals surface area (Å²) in [5.74, 6) is -1.51. The van der Waals surface area contributed by atoms with Crippen LogP contribution in [-0.2, 0) is 14.4 Å². The average Bonchev–Trinajstić information content (AvgIpc) is 1.72. The van der Waals surface area contributed by atoms with Crippen LogP contribution in [0.4, 0.5) is 10.1 Å². The van der Waals surface area contributed by atoms with Gasteiger partial charge in [0.15, 0.2) is 0 Å². The number of likely N-dealkylation sites (N-methyl/N-ethyl adjacent to an activating group) is 2. The van der Waals surface area contributed by atoms with Crippen molar-refractivity contribution in [1.82, 2.24) is 35.7 Å². The van der Waals surface area contributed by atoms with Crippen molar-refractivity contribution in [2.24, 2.45) is 0 Å². The van der Waals surface area contributed by atoms with Crippen LogP contribution in [0.2, 0.25) is 0 Å². The Morgan fingerprint density at radius 2 is 1.01 bits per heavy atom. The standard InChI is InChI=1S/C27H43N3O4.C27H42N2O5.C26H40FN3O3/c1-5-6-7-8-9-10-11-12-13-14-18-30(3)27(33)25(20(2)31)29-26(32)23-19-21-22(28-23)16-15-17-24(21)34-4;1-2-3-4-5-6-7-8-9-10-11-12-13-14-15-16-17-26(31)28-25(22-30)27(32)23-18-20-24(21-19-23)29(33)34;1-4-5-6-7-8-9-10-11-12-13-16-30(3)26(33)24(19(2)31)29-25(32)23-18-20-17-21(27)14-15-22(20)28-23/h15-17,19-20,25,28,31H,5-14,18H2,1-4H3,(H,29,32);6-7,9-10,18-21,25,27,30,32H,2-5,8,11-17,22H2,1H3,(H,28,31);14-15,17-19,24,28,31H,4-13,16H2,1-3H3,(H,29,32)/b;7-6-,10-9+;/t20-,25+;25-,27+;19-,24+/m111/s1. The number of ether oxygens (including phenoxy) is 1. The number of unbranched alkanes of at least 4 members (excludes halogenated alkanes) is 26. The van der Waals surface area contributed by atoms with Gasteiger partial charge >= 0.3 is 0 Å². The van der Waals surface area contributed by atoms with Gasteiger partial charge in [0.1, 0.15) is 41.1 Å². The van der Waals surface area contributed by atoms with Crippen molar-refractivity contribution in [3.63, 3.8) is 0 Å². The van der Waals surface area contributed by atoms with Crippen LogP contribution in [0, 0.1) is 15.9 Å². The fraction of sp³-hybridized carbons (Fsp3) is 0.613. The average molecular weight is 1410 g/mol. The number of aliphatic hydroxyl groups excluding tert-OH is 4. The number of nitro groups is 1. The monoisotopic (exact) mass is 1410 g/mol. The van der Waals surface area contributed by atoms with Crippen LogP contribution in [0.15, 0.2) is 97.1 Å². The molecule has 5 aromatic rings. The Morgan fingerprint density at radius 3 is 1.49 bits per heavy atom. The molecule has 0 unspecified atom stereocenters. The molecule has 0 bridgehead atoms. The van der Waals surface area contributed by atoms with Gasteiger partial charge in [-0.15, -0.1) is 0 Å². The molecule has 3 aromatic carbocycles. The van der Waals surface area contributed by atoms with Gasteiger partial charge in [-0.05, 0) is 125 Å². The molecule has 5 rings (SSSR count). The number of benzene rings is 3. The number of halogens is 1. The minimum Gasteiger partial charge on any atom is -0.496 e. The Morgan fingerprint density at radius 1 is 0.564 bits per heavy atom. The van der Waals surface area contributed by atoms with Gasteiger partial charge in [0.05, 0.1) is 36.9 Å². The third-order valence-corrected chi connectivity index (χ3v) is 18.2. The number of rotatable bonds is 50. The zero-order valence-electron chi connectivity index (χ0n) is 62.2. The number of hydrogen-bond donors (Lipinski definition) is 9. The van der Waals surface area contributed by atoms with Gasteiger partial charge in [0.25, 0.3) is 17.5 Å². The Balaban J connectivity index is 0.000000394. The van der Waals surface area contributed by atoms with Crippen molar-refractivity contribution < 1.29 is 58.4 Å². The Bertz CT molecular complexity index is 3180. The molecule has 5 amide bonds. The molecule has 0 aliphatic rings. The molecular weight excluding hydrogens is 1280 g/mol. The molecular formula is C80H125FN8O12. The predicted molar refractivity (Wildman–Crippen MR) is 404 cm³/mol. The fourth-order valence-corrected chi connectivity index (χ4v) is 11.9. The number of aromatic amines is 2. The summed E-state index contributed by atoms with van der Waals surface area (Å²) in [6.07, 6.45) is 42.9. The number of aliphatic hydroxyl groups is 4. The van der Waals surface area contributed by atoms with E-state index >= 15 is 0 Å². The van der Waals surface area contributed by atoms with Crippen molar-refractivity contribution >= 4 is 57.0 Å². The van der Waals surface area contributed by atoms with Gasteiger partial charge in [0, 0.05) is 67.5 Å². The van der Waals surface area contributed by atoms with E-state index in [4.69, 9.17) is 4.74 Å². The lowest BCUT2D eigenvalue weighted by atomic mass is 10.0. The predicted octanol–water partition coefficient (Wildman–Crippen LogP) is 16.1. The number of nitrogens with zero attached hydrogens (tertiary/aromatic N) is 3. The van der Waals surface area contributed by atoms with Crippen LogP contribution in [0.25, 0.3) is 21.8 Å². The smallest absolute Gasteiger partial charge is 0.269 e. The minimum atomic E-state index is -1.14. The van der Waals surface area contributed by atoms with Gasteiger partial charge in [-0.1, -0.05) is 199 Å². The van der Waals surface area contributed by atoms with Gasteiger partial charge in [0.2, 0.25) is 17.7 Å². The van der Waals surface area contributed by atoms with Crippen molar-refractivity contribution in [3.05, 3.63) is 130 Å². The van der Waals surface area contributed by atoms with E-state index in [1.165, 1.54) is 178 Å². The van der Waals surface area contributed by atoms with E-state index in [0.29, 0.717) is 47.4 Å². The molecule has 2 heterocycles. The zero-order chi connectivity index (χ0) is 74.2. The number of nitro benzene ring substituents is 1. The number of fused-ring (bicyclic) bond motifs is 2.